The average molecular weight is 342 g/mol. The molecule has 0 radical (unpaired) electrons. The SMILES string of the molecule is CNCCC(=O)NC(c1ccccc1)c1ccccn1.Cl.Cl. The van der Waals surface area contributed by atoms with Gasteiger partial charge in [0, 0.05) is 19.2 Å². The van der Waals surface area contributed by atoms with Gasteiger partial charge in [0.25, 0.3) is 0 Å². The molecule has 2 rings (SSSR count). The summed E-state index contributed by atoms with van der Waals surface area (Å²) in [6.07, 6.45) is 2.19. The first-order valence-electron chi connectivity index (χ1n) is 6.71. The van der Waals surface area contributed by atoms with Crippen LogP contribution in [-0.4, -0.2) is 24.5 Å². The fourth-order valence-electron chi connectivity index (χ4n) is 1.99. The predicted molar refractivity (Wildman–Crippen MR) is 93.7 cm³/mol. The number of carbonyl (C=O) groups is 1. The fourth-order valence-corrected chi connectivity index (χ4v) is 1.99. The highest BCUT2D eigenvalue weighted by molar-refractivity contribution is 5.85. The standard InChI is InChI=1S/C16H19N3O.2ClH/c1-17-12-10-15(20)19-16(13-7-3-2-4-8-13)14-9-5-6-11-18-14;;/h2-9,11,16-17H,10,12H2,1H3,(H,19,20);2*1H. The third-order valence-electron chi connectivity index (χ3n) is 3.02. The summed E-state index contributed by atoms with van der Waals surface area (Å²) in [6.45, 7) is 0.662. The number of aromatic nitrogens is 1. The molecule has 0 spiro atoms. The van der Waals surface area contributed by atoms with Crippen LogP contribution in [0.15, 0.2) is 54.7 Å². The van der Waals surface area contributed by atoms with Gasteiger partial charge in [0.1, 0.15) is 0 Å². The quantitative estimate of drug-likeness (QED) is 0.849. The summed E-state index contributed by atoms with van der Waals surface area (Å²) < 4.78 is 0. The van der Waals surface area contributed by atoms with Crippen LogP contribution in [0.2, 0.25) is 0 Å². The highest BCUT2D eigenvalue weighted by atomic mass is 35.5. The number of nitrogens with one attached hydrogen (secondary N) is 2. The molecule has 0 aliphatic rings. The van der Waals surface area contributed by atoms with Crippen LogP contribution in [0.4, 0.5) is 0 Å². The minimum Gasteiger partial charge on any atom is -0.344 e. The summed E-state index contributed by atoms with van der Waals surface area (Å²) in [7, 11) is 1.83. The molecule has 1 amide bonds. The monoisotopic (exact) mass is 341 g/mol. The van der Waals surface area contributed by atoms with Crippen LogP contribution < -0.4 is 10.6 Å². The molecule has 6 heteroatoms. The predicted octanol–water partition coefficient (Wildman–Crippen LogP) is 2.74. The van der Waals surface area contributed by atoms with Crippen LogP contribution in [0.3, 0.4) is 0 Å². The van der Waals surface area contributed by atoms with Crippen molar-refractivity contribution < 1.29 is 4.79 Å². The van der Waals surface area contributed by atoms with E-state index >= 15 is 0 Å². The number of nitrogens with zero attached hydrogens (tertiary/aromatic N) is 1. The second-order valence-electron chi connectivity index (χ2n) is 4.52. The fraction of sp³-hybridized carbons (Fsp3) is 0.250. The topological polar surface area (TPSA) is 54.0 Å². The molecule has 22 heavy (non-hydrogen) atoms. The summed E-state index contributed by atoms with van der Waals surface area (Å²) in [5.74, 6) is 0.0128. The summed E-state index contributed by atoms with van der Waals surface area (Å²) in [4.78, 5) is 16.3. The number of hydrogen-bond donors (Lipinski definition) is 2. The van der Waals surface area contributed by atoms with Crippen molar-refractivity contribution >= 4 is 30.7 Å². The largest absolute Gasteiger partial charge is 0.344 e. The van der Waals surface area contributed by atoms with Crippen molar-refractivity contribution in [3.05, 3.63) is 66.0 Å². The molecule has 2 aromatic rings. The molecule has 0 aliphatic carbocycles. The lowest BCUT2D eigenvalue weighted by Gasteiger charge is -2.18. The Hall–Kier alpha value is -1.62. The summed E-state index contributed by atoms with van der Waals surface area (Å²) in [5.41, 5.74) is 1.88. The van der Waals surface area contributed by atoms with E-state index in [9.17, 15) is 4.79 Å². The molecule has 2 N–H and O–H groups in total. The van der Waals surface area contributed by atoms with Gasteiger partial charge in [0.15, 0.2) is 0 Å². The van der Waals surface area contributed by atoms with Gasteiger partial charge in [-0.2, -0.15) is 0 Å². The number of benzene rings is 1. The number of carbonyl (C=O) groups excluding carboxylic acids is 1. The number of amides is 1. The first kappa shape index (κ1) is 20.4. The van der Waals surface area contributed by atoms with Crippen LogP contribution in [-0.2, 0) is 4.79 Å². The molecule has 1 aromatic carbocycles. The molecule has 0 bridgehead atoms. The first-order valence-corrected chi connectivity index (χ1v) is 6.71. The van der Waals surface area contributed by atoms with E-state index in [4.69, 9.17) is 0 Å². The lowest BCUT2D eigenvalue weighted by Crippen LogP contribution is -2.31. The Kier molecular flexibility index (Phi) is 10.2. The van der Waals surface area contributed by atoms with Crippen LogP contribution in [0.25, 0.3) is 0 Å². The van der Waals surface area contributed by atoms with E-state index in [1.807, 2.05) is 55.6 Å². The molecule has 4 nitrogen and oxygen atoms in total. The van der Waals surface area contributed by atoms with E-state index in [1.54, 1.807) is 6.20 Å². The van der Waals surface area contributed by atoms with Gasteiger partial charge in [-0.25, -0.2) is 0 Å². The van der Waals surface area contributed by atoms with Crippen LogP contribution >= 0.6 is 24.8 Å². The van der Waals surface area contributed by atoms with E-state index in [-0.39, 0.29) is 36.8 Å². The molecule has 0 saturated carbocycles. The Labute approximate surface area is 143 Å². The number of halogens is 2. The lowest BCUT2D eigenvalue weighted by atomic mass is 10.0. The molecule has 1 unspecified atom stereocenters. The maximum absolute atomic E-state index is 12.0. The average Bonchev–Trinajstić information content (AvgIpc) is 2.52. The van der Waals surface area contributed by atoms with Crippen LogP contribution in [0.5, 0.6) is 0 Å². The second-order valence-corrected chi connectivity index (χ2v) is 4.52. The van der Waals surface area contributed by atoms with E-state index in [2.05, 4.69) is 15.6 Å². The molecular weight excluding hydrogens is 321 g/mol. The number of pyridine rings is 1. The molecular formula is C16H21Cl2N3O. The Balaban J connectivity index is 0.00000220. The highest BCUT2D eigenvalue weighted by Gasteiger charge is 2.17. The van der Waals surface area contributed by atoms with Gasteiger partial charge in [0.05, 0.1) is 11.7 Å². The smallest absolute Gasteiger partial charge is 0.222 e. The lowest BCUT2D eigenvalue weighted by molar-refractivity contribution is -0.121. The molecule has 1 aromatic heterocycles. The molecule has 1 atom stereocenters. The van der Waals surface area contributed by atoms with Crippen molar-refractivity contribution in [3.8, 4) is 0 Å². The zero-order valence-corrected chi connectivity index (χ0v) is 14.0. The Morgan fingerprint density at radius 2 is 1.77 bits per heavy atom. The summed E-state index contributed by atoms with van der Waals surface area (Å²) >= 11 is 0. The number of hydrogen-bond acceptors (Lipinski definition) is 3. The molecule has 120 valence electrons. The van der Waals surface area contributed by atoms with Gasteiger partial charge in [-0.1, -0.05) is 36.4 Å². The van der Waals surface area contributed by atoms with Crippen molar-refractivity contribution in [2.75, 3.05) is 13.6 Å². The third-order valence-corrected chi connectivity index (χ3v) is 3.02. The zero-order valence-electron chi connectivity index (χ0n) is 12.4. The summed E-state index contributed by atoms with van der Waals surface area (Å²) in [6, 6.07) is 15.4. The first-order chi connectivity index (χ1) is 9.81. The zero-order chi connectivity index (χ0) is 14.2. The van der Waals surface area contributed by atoms with E-state index in [1.165, 1.54) is 0 Å². The number of rotatable bonds is 6. The molecule has 1 heterocycles. The molecule has 0 saturated heterocycles. The normalized spacial score (nSPS) is 10.8. The summed E-state index contributed by atoms with van der Waals surface area (Å²) in [5, 5.41) is 6.02. The molecule has 0 fully saturated rings. The van der Waals surface area contributed by atoms with Crippen molar-refractivity contribution in [2.45, 2.75) is 12.5 Å². The Morgan fingerprint density at radius 3 is 2.36 bits per heavy atom. The molecule has 0 aliphatic heterocycles. The highest BCUT2D eigenvalue weighted by Crippen LogP contribution is 2.19. The van der Waals surface area contributed by atoms with Crippen molar-refractivity contribution in [3.63, 3.8) is 0 Å². The van der Waals surface area contributed by atoms with Crippen LogP contribution in [0, 0.1) is 0 Å². The van der Waals surface area contributed by atoms with E-state index in [0.717, 1.165) is 11.3 Å². The van der Waals surface area contributed by atoms with Crippen molar-refractivity contribution in [2.24, 2.45) is 0 Å². The van der Waals surface area contributed by atoms with Gasteiger partial charge in [-0.3, -0.25) is 9.78 Å². The van der Waals surface area contributed by atoms with E-state index < -0.39 is 0 Å². The van der Waals surface area contributed by atoms with Crippen molar-refractivity contribution in [1.29, 1.82) is 0 Å². The van der Waals surface area contributed by atoms with Crippen LogP contribution in [0.1, 0.15) is 23.7 Å². The maximum atomic E-state index is 12.0. The van der Waals surface area contributed by atoms with Gasteiger partial charge in [-0.05, 0) is 24.7 Å². The Bertz CT molecular complexity index is 498. The maximum Gasteiger partial charge on any atom is 0.222 e. The Morgan fingerprint density at radius 1 is 1.09 bits per heavy atom. The second kappa shape index (κ2) is 11.0. The van der Waals surface area contributed by atoms with Gasteiger partial charge < -0.3 is 10.6 Å². The van der Waals surface area contributed by atoms with Gasteiger partial charge in [0.2, 0.25) is 5.91 Å². The minimum atomic E-state index is -0.207. The van der Waals surface area contributed by atoms with Gasteiger partial charge >= 0.3 is 0 Å². The van der Waals surface area contributed by atoms with E-state index in [0.29, 0.717) is 13.0 Å². The van der Waals surface area contributed by atoms with Gasteiger partial charge in [-0.15, -0.1) is 24.8 Å². The third kappa shape index (κ3) is 6.02. The van der Waals surface area contributed by atoms with Crippen molar-refractivity contribution in [1.82, 2.24) is 15.6 Å². The minimum absolute atomic E-state index is 0.